The lowest BCUT2D eigenvalue weighted by atomic mass is 10.0. The lowest BCUT2D eigenvalue weighted by Gasteiger charge is -2.35. The van der Waals surface area contributed by atoms with Gasteiger partial charge >= 0.3 is 0 Å². The predicted molar refractivity (Wildman–Crippen MR) is 113 cm³/mol. The van der Waals surface area contributed by atoms with Crippen LogP contribution in [0.1, 0.15) is 44.1 Å². The number of amides is 1. The number of nitrogens with one attached hydrogen (secondary N) is 1. The minimum absolute atomic E-state index is 0.116. The highest BCUT2D eigenvalue weighted by Crippen LogP contribution is 2.24. The van der Waals surface area contributed by atoms with Crippen molar-refractivity contribution in [1.82, 2.24) is 19.4 Å². The van der Waals surface area contributed by atoms with Crippen LogP contribution in [0.5, 0.6) is 0 Å². The van der Waals surface area contributed by atoms with E-state index in [2.05, 4.69) is 16.9 Å². The molecular weight excluding hydrogens is 388 g/mol. The molecule has 0 spiro atoms. The van der Waals surface area contributed by atoms with E-state index >= 15 is 0 Å². The molecule has 0 unspecified atom stereocenters. The minimum Gasteiger partial charge on any atom is -0.467 e. The quantitative estimate of drug-likeness (QED) is 0.492. The molecule has 7 nitrogen and oxygen atoms in total. The third-order valence-corrected chi connectivity index (χ3v) is 6.44. The lowest BCUT2D eigenvalue weighted by molar-refractivity contribution is -0.132. The van der Waals surface area contributed by atoms with E-state index in [1.165, 1.54) is 18.2 Å². The third-order valence-electron chi connectivity index (χ3n) is 5.48. The van der Waals surface area contributed by atoms with Gasteiger partial charge in [-0.15, -0.1) is 0 Å². The molecule has 1 fully saturated rings. The second kappa shape index (κ2) is 8.49. The van der Waals surface area contributed by atoms with E-state index in [0.717, 1.165) is 31.5 Å². The first-order valence-corrected chi connectivity index (χ1v) is 11.1. The highest BCUT2D eigenvalue weighted by molar-refractivity contribution is 7.99. The molecule has 0 aliphatic carbocycles. The van der Waals surface area contributed by atoms with Gasteiger partial charge in [0, 0.05) is 18.3 Å². The molecule has 1 N–H and O–H groups in total. The Balaban J connectivity index is 1.61. The van der Waals surface area contributed by atoms with E-state index in [1.54, 1.807) is 16.9 Å². The maximum absolute atomic E-state index is 13.1. The van der Waals surface area contributed by atoms with Gasteiger partial charge in [-0.1, -0.05) is 18.7 Å². The number of hydrogen-bond acceptors (Lipinski definition) is 5. The van der Waals surface area contributed by atoms with Crippen LogP contribution in [-0.4, -0.2) is 43.7 Å². The minimum atomic E-state index is -0.154. The molecule has 154 valence electrons. The third kappa shape index (κ3) is 4.12. The number of rotatable bonds is 6. The van der Waals surface area contributed by atoms with Gasteiger partial charge in [0.05, 0.1) is 24.1 Å². The molecule has 1 aliphatic heterocycles. The number of hydrogen-bond donors (Lipinski definition) is 1. The molecule has 4 rings (SSSR count). The number of aromatic nitrogens is 3. The molecule has 4 heterocycles. The first-order chi connectivity index (χ1) is 14.1. The molecule has 8 heteroatoms. The van der Waals surface area contributed by atoms with Crippen LogP contribution in [0.25, 0.3) is 11.0 Å². The SMILES string of the molecule is CC[C@@H]1CCCCN1C(=O)CSc1nc2cc(C)[nH]c2c(=O)n1Cc1ccco1. The average molecular weight is 415 g/mol. The van der Waals surface area contributed by atoms with Crippen LogP contribution >= 0.6 is 11.8 Å². The summed E-state index contributed by atoms with van der Waals surface area (Å²) in [5.74, 6) is 1.06. The van der Waals surface area contributed by atoms with E-state index < -0.39 is 0 Å². The Morgan fingerprint density at radius 3 is 3.03 bits per heavy atom. The summed E-state index contributed by atoms with van der Waals surface area (Å²) >= 11 is 1.33. The number of carbonyl (C=O) groups is 1. The zero-order valence-electron chi connectivity index (χ0n) is 16.8. The number of piperidine rings is 1. The van der Waals surface area contributed by atoms with E-state index in [4.69, 9.17) is 4.42 Å². The van der Waals surface area contributed by atoms with Gasteiger partial charge in [-0.2, -0.15) is 0 Å². The Morgan fingerprint density at radius 1 is 1.41 bits per heavy atom. The summed E-state index contributed by atoms with van der Waals surface area (Å²) in [5, 5.41) is 0.538. The van der Waals surface area contributed by atoms with E-state index in [9.17, 15) is 9.59 Å². The number of fused-ring (bicyclic) bond motifs is 1. The van der Waals surface area contributed by atoms with Crippen molar-refractivity contribution < 1.29 is 9.21 Å². The van der Waals surface area contributed by atoms with E-state index in [-0.39, 0.29) is 23.8 Å². The molecule has 1 saturated heterocycles. The summed E-state index contributed by atoms with van der Waals surface area (Å²) in [5.41, 5.74) is 1.83. The number of aryl methyl sites for hydroxylation is 1. The Hall–Kier alpha value is -2.48. The fourth-order valence-electron chi connectivity index (χ4n) is 3.98. The summed E-state index contributed by atoms with van der Waals surface area (Å²) in [4.78, 5) is 35.7. The highest BCUT2D eigenvalue weighted by Gasteiger charge is 2.26. The van der Waals surface area contributed by atoms with Crippen LogP contribution in [0.3, 0.4) is 0 Å². The molecule has 0 saturated carbocycles. The standard InChI is InChI=1S/C21H26N4O3S/c1-3-15-7-4-5-9-24(15)18(26)13-29-21-23-17-11-14(2)22-19(17)20(27)25(21)12-16-8-6-10-28-16/h6,8,10-11,15,22H,3-5,7,9,12-13H2,1-2H3/t15-/m1/s1. The van der Waals surface area contributed by atoms with Crippen LogP contribution in [0, 0.1) is 6.92 Å². The van der Waals surface area contributed by atoms with Gasteiger partial charge in [-0.25, -0.2) is 4.98 Å². The van der Waals surface area contributed by atoms with Crippen molar-refractivity contribution in [3.8, 4) is 0 Å². The first kappa shape index (κ1) is 19.8. The van der Waals surface area contributed by atoms with Crippen LogP contribution in [0.15, 0.2) is 38.8 Å². The molecule has 1 amide bonds. The number of thioether (sulfide) groups is 1. The van der Waals surface area contributed by atoms with Gasteiger partial charge in [0.25, 0.3) is 5.56 Å². The molecule has 3 aromatic rings. The molecule has 29 heavy (non-hydrogen) atoms. The number of likely N-dealkylation sites (tertiary alicyclic amines) is 1. The molecule has 3 aromatic heterocycles. The second-order valence-electron chi connectivity index (χ2n) is 7.51. The summed E-state index contributed by atoms with van der Waals surface area (Å²) < 4.78 is 7.02. The predicted octanol–water partition coefficient (Wildman–Crippen LogP) is 3.56. The Kier molecular flexibility index (Phi) is 5.80. The van der Waals surface area contributed by atoms with Gasteiger partial charge in [-0.3, -0.25) is 14.2 Å². The number of furan rings is 1. The largest absolute Gasteiger partial charge is 0.467 e. The number of H-pyrrole nitrogens is 1. The summed E-state index contributed by atoms with van der Waals surface area (Å²) in [7, 11) is 0. The summed E-state index contributed by atoms with van der Waals surface area (Å²) in [6.45, 7) is 5.13. The summed E-state index contributed by atoms with van der Waals surface area (Å²) in [6.07, 6.45) is 5.88. The Bertz CT molecular complexity index is 1050. The highest BCUT2D eigenvalue weighted by atomic mass is 32.2. The van der Waals surface area contributed by atoms with Crippen molar-refractivity contribution in [1.29, 1.82) is 0 Å². The molecule has 0 aromatic carbocycles. The fraction of sp³-hybridized carbons (Fsp3) is 0.476. The molecule has 0 bridgehead atoms. The van der Waals surface area contributed by atoms with Crippen molar-refractivity contribution in [3.05, 3.63) is 46.3 Å². The molecule has 1 atom stereocenters. The van der Waals surface area contributed by atoms with Crippen molar-refractivity contribution in [3.63, 3.8) is 0 Å². The Morgan fingerprint density at radius 2 is 2.28 bits per heavy atom. The lowest BCUT2D eigenvalue weighted by Crippen LogP contribution is -2.44. The smallest absolute Gasteiger partial charge is 0.278 e. The van der Waals surface area contributed by atoms with Crippen LogP contribution < -0.4 is 5.56 Å². The maximum Gasteiger partial charge on any atom is 0.278 e. The normalized spacial score (nSPS) is 17.2. The van der Waals surface area contributed by atoms with Crippen LogP contribution in [0.4, 0.5) is 0 Å². The van der Waals surface area contributed by atoms with E-state index in [0.29, 0.717) is 28.0 Å². The monoisotopic (exact) mass is 414 g/mol. The zero-order chi connectivity index (χ0) is 20.4. The number of nitrogens with zero attached hydrogens (tertiary/aromatic N) is 3. The second-order valence-corrected chi connectivity index (χ2v) is 8.45. The fourth-order valence-corrected chi connectivity index (χ4v) is 4.87. The van der Waals surface area contributed by atoms with Crippen molar-refractivity contribution in [2.45, 2.75) is 57.3 Å². The Labute approximate surface area is 173 Å². The topological polar surface area (TPSA) is 84.1 Å². The van der Waals surface area contributed by atoms with Crippen molar-refractivity contribution in [2.75, 3.05) is 12.3 Å². The number of carbonyl (C=O) groups excluding carboxylic acids is 1. The van der Waals surface area contributed by atoms with Crippen LogP contribution in [-0.2, 0) is 11.3 Å². The first-order valence-electron chi connectivity index (χ1n) is 10.1. The van der Waals surface area contributed by atoms with E-state index in [1.807, 2.05) is 24.0 Å². The zero-order valence-corrected chi connectivity index (χ0v) is 17.6. The van der Waals surface area contributed by atoms with Gasteiger partial charge in [0.2, 0.25) is 5.91 Å². The molecular formula is C21H26N4O3S. The molecule has 1 aliphatic rings. The maximum atomic E-state index is 13.1. The summed E-state index contributed by atoms with van der Waals surface area (Å²) in [6, 6.07) is 5.81. The van der Waals surface area contributed by atoms with Gasteiger partial charge in [-0.05, 0) is 50.8 Å². The van der Waals surface area contributed by atoms with Crippen molar-refractivity contribution in [2.24, 2.45) is 0 Å². The molecule has 0 radical (unpaired) electrons. The van der Waals surface area contributed by atoms with Crippen LogP contribution in [0.2, 0.25) is 0 Å². The van der Waals surface area contributed by atoms with Gasteiger partial charge in [0.1, 0.15) is 11.3 Å². The van der Waals surface area contributed by atoms with Gasteiger partial charge in [0.15, 0.2) is 5.16 Å². The average Bonchev–Trinajstić information content (AvgIpc) is 3.37. The van der Waals surface area contributed by atoms with Gasteiger partial charge < -0.3 is 14.3 Å². The number of aromatic amines is 1. The van der Waals surface area contributed by atoms with Crippen molar-refractivity contribution >= 4 is 28.7 Å².